The Morgan fingerprint density at radius 2 is 1.52 bits per heavy atom. The van der Waals surface area contributed by atoms with E-state index in [1.165, 1.54) is 17.0 Å². The molecule has 0 spiro atoms. The summed E-state index contributed by atoms with van der Waals surface area (Å²) in [5.41, 5.74) is 4.02. The van der Waals surface area contributed by atoms with Crippen molar-refractivity contribution in [3.8, 4) is 0 Å². The Morgan fingerprint density at radius 1 is 0.903 bits per heavy atom. The third-order valence-electron chi connectivity index (χ3n) is 7.35. The van der Waals surface area contributed by atoms with Crippen LogP contribution in [-0.4, -0.2) is 17.0 Å². The molecule has 3 aromatic rings. The summed E-state index contributed by atoms with van der Waals surface area (Å²) in [6.07, 6.45) is 0. The van der Waals surface area contributed by atoms with Crippen LogP contribution in [0.1, 0.15) is 35.1 Å². The second-order valence-electron chi connectivity index (χ2n) is 8.66. The van der Waals surface area contributed by atoms with Crippen molar-refractivity contribution in [2.45, 2.75) is 18.3 Å². The fraction of sp³-hybridized carbons (Fsp3) is 0.200. The van der Waals surface area contributed by atoms with Crippen LogP contribution in [0.2, 0.25) is 0 Å². The molecule has 0 saturated carbocycles. The Bertz CT molecular complexity index is 1220. The molecule has 4 aliphatic rings. The van der Waals surface area contributed by atoms with Gasteiger partial charge in [-0.05, 0) is 40.5 Å². The zero-order valence-electron chi connectivity index (χ0n) is 16.7. The average molecular weight is 411 g/mol. The smallest absolute Gasteiger partial charge is 0.238 e. The maximum atomic E-state index is 13.8. The summed E-state index contributed by atoms with van der Waals surface area (Å²) in [6, 6.07) is 22.1. The summed E-state index contributed by atoms with van der Waals surface area (Å²) in [5, 5.41) is 20.4. The molecule has 6 heteroatoms. The van der Waals surface area contributed by atoms with E-state index in [9.17, 15) is 20.0 Å². The Labute approximate surface area is 178 Å². The van der Waals surface area contributed by atoms with Crippen molar-refractivity contribution in [2.24, 2.45) is 11.8 Å². The van der Waals surface area contributed by atoms with E-state index in [0.29, 0.717) is 5.69 Å². The number of rotatable bonds is 2. The van der Waals surface area contributed by atoms with Crippen LogP contribution in [0.15, 0.2) is 72.8 Å². The number of benzene rings is 3. The lowest BCUT2D eigenvalue weighted by Gasteiger charge is -2.52. The highest BCUT2D eigenvalue weighted by Gasteiger charge is 2.66. The van der Waals surface area contributed by atoms with Crippen molar-refractivity contribution in [3.63, 3.8) is 0 Å². The molecule has 3 aromatic carbocycles. The third kappa shape index (κ3) is 2.13. The lowest BCUT2D eigenvalue weighted by Crippen LogP contribution is -2.51. The van der Waals surface area contributed by atoms with E-state index in [0.717, 1.165) is 22.3 Å². The predicted molar refractivity (Wildman–Crippen MR) is 115 cm³/mol. The van der Waals surface area contributed by atoms with Crippen LogP contribution in [0.4, 0.5) is 11.4 Å². The van der Waals surface area contributed by atoms with Crippen LogP contribution in [0, 0.1) is 17.0 Å². The second-order valence-corrected chi connectivity index (χ2v) is 8.66. The summed E-state index contributed by atoms with van der Waals surface area (Å²) in [4.78, 5) is 28.7. The van der Waals surface area contributed by atoms with E-state index in [-0.39, 0.29) is 28.6 Å². The van der Waals surface area contributed by atoms with Gasteiger partial charge in [-0.1, -0.05) is 61.5 Å². The summed E-state index contributed by atoms with van der Waals surface area (Å²) in [6.45, 7) is 2.07. The van der Waals surface area contributed by atoms with Crippen molar-refractivity contribution in [1.82, 2.24) is 0 Å². The maximum Gasteiger partial charge on any atom is 0.238 e. The highest BCUT2D eigenvalue weighted by molar-refractivity contribution is 6.23. The number of hydrogen-bond donors (Lipinski definition) is 1. The van der Waals surface area contributed by atoms with Crippen LogP contribution >= 0.6 is 0 Å². The number of carbonyl (C=O) groups excluding carboxylic acids is 2. The number of amides is 2. The molecule has 0 unspecified atom stereocenters. The van der Waals surface area contributed by atoms with Gasteiger partial charge < -0.3 is 10.4 Å². The highest BCUT2D eigenvalue weighted by atomic mass is 16.8. The fourth-order valence-electron chi connectivity index (χ4n) is 6.16. The van der Waals surface area contributed by atoms with Gasteiger partial charge in [-0.3, -0.25) is 14.8 Å². The highest BCUT2D eigenvalue weighted by Crippen LogP contribution is 2.64. The lowest BCUT2D eigenvalue weighted by molar-refractivity contribution is -0.123. The van der Waals surface area contributed by atoms with Gasteiger partial charge in [-0.25, -0.2) is 4.90 Å². The predicted octanol–water partition coefficient (Wildman–Crippen LogP) is 3.95. The van der Waals surface area contributed by atoms with Crippen molar-refractivity contribution in [3.05, 3.63) is 100 Å². The first-order valence-electron chi connectivity index (χ1n) is 10.3. The van der Waals surface area contributed by atoms with Crippen LogP contribution in [0.3, 0.4) is 0 Å². The normalized spacial score (nSPS) is 27.7. The Balaban J connectivity index is 1.58. The van der Waals surface area contributed by atoms with Gasteiger partial charge in [0.2, 0.25) is 11.8 Å². The molecule has 1 aliphatic heterocycles. The largest absolute Gasteiger partial charge is 0.733 e. The van der Waals surface area contributed by atoms with Gasteiger partial charge in [0.15, 0.2) is 0 Å². The van der Waals surface area contributed by atoms with Gasteiger partial charge in [0.05, 0.1) is 23.2 Å². The topological polar surface area (TPSA) is 83.9 Å². The molecule has 0 aromatic heterocycles. The first-order valence-corrected chi connectivity index (χ1v) is 10.3. The molecule has 154 valence electrons. The van der Waals surface area contributed by atoms with E-state index in [2.05, 4.69) is 31.2 Å². The van der Waals surface area contributed by atoms with Gasteiger partial charge in [-0.15, -0.1) is 0 Å². The standard InChI is InChI=1S/C25H19N2O4/c1-25-18-11-4-2-9-16(18)20(17-10-3-5-12-19(17)25)21-22(25)24(29)26(23(21)28)14-7-6-8-15(13-14)27(30)31/h2-13,20-22,30H,1H3/q-1/t20?,21-,22-,25?/m1/s1. The molecule has 0 radical (unpaired) electrons. The van der Waals surface area contributed by atoms with E-state index >= 15 is 0 Å². The van der Waals surface area contributed by atoms with Crippen molar-refractivity contribution >= 4 is 23.2 Å². The molecule has 31 heavy (non-hydrogen) atoms. The molecular weight excluding hydrogens is 392 g/mol. The van der Waals surface area contributed by atoms with E-state index < -0.39 is 17.3 Å². The summed E-state index contributed by atoms with van der Waals surface area (Å²) >= 11 is 0. The van der Waals surface area contributed by atoms with Crippen molar-refractivity contribution in [2.75, 3.05) is 10.1 Å². The maximum absolute atomic E-state index is 13.8. The molecule has 1 N–H and O–H groups in total. The number of imide groups is 1. The van der Waals surface area contributed by atoms with Crippen LogP contribution < -0.4 is 10.1 Å². The summed E-state index contributed by atoms with van der Waals surface area (Å²) in [5.74, 6) is -1.76. The molecule has 2 atom stereocenters. The zero-order chi connectivity index (χ0) is 21.5. The lowest BCUT2D eigenvalue weighted by atomic mass is 9.48. The molecule has 6 nitrogen and oxygen atoms in total. The summed E-state index contributed by atoms with van der Waals surface area (Å²) in [7, 11) is 0. The Hall–Kier alpha value is -3.48. The summed E-state index contributed by atoms with van der Waals surface area (Å²) < 4.78 is 0. The Morgan fingerprint density at radius 3 is 2.13 bits per heavy atom. The molecule has 7 rings (SSSR count). The molecule has 2 bridgehead atoms. The fourth-order valence-corrected chi connectivity index (χ4v) is 6.16. The third-order valence-corrected chi connectivity index (χ3v) is 7.35. The number of carbonyl (C=O) groups is 2. The van der Waals surface area contributed by atoms with Gasteiger partial charge in [0.25, 0.3) is 0 Å². The number of nitrogens with zero attached hydrogens (tertiary/aromatic N) is 2. The SMILES string of the molecule is CC12c3ccccc3C(c3ccccc31)[C@H]1C(=O)N(c3cccc(N([O-])O)c3)C(=O)[C@@H]12. The van der Waals surface area contributed by atoms with E-state index in [1.807, 2.05) is 24.3 Å². The Kier molecular flexibility index (Phi) is 3.56. The van der Waals surface area contributed by atoms with E-state index in [1.54, 1.807) is 12.1 Å². The second kappa shape index (κ2) is 6.03. The van der Waals surface area contributed by atoms with Gasteiger partial charge in [0.1, 0.15) is 0 Å². The van der Waals surface area contributed by atoms with Crippen LogP contribution in [-0.2, 0) is 15.0 Å². The minimum atomic E-state index is -0.632. The van der Waals surface area contributed by atoms with Gasteiger partial charge in [-0.2, -0.15) is 0 Å². The van der Waals surface area contributed by atoms with Gasteiger partial charge >= 0.3 is 0 Å². The van der Waals surface area contributed by atoms with E-state index in [4.69, 9.17) is 0 Å². The zero-order valence-corrected chi connectivity index (χ0v) is 16.7. The van der Waals surface area contributed by atoms with Crippen molar-refractivity contribution < 1.29 is 14.8 Å². The quantitative estimate of drug-likeness (QED) is 0.510. The first kappa shape index (κ1) is 18.3. The molecule has 1 fully saturated rings. The molecule has 3 aliphatic carbocycles. The van der Waals surface area contributed by atoms with Gasteiger partial charge in [0, 0.05) is 11.3 Å². The molecule has 2 amide bonds. The first-order chi connectivity index (χ1) is 14.9. The number of anilines is 2. The van der Waals surface area contributed by atoms with Crippen LogP contribution in [0.5, 0.6) is 0 Å². The molecule has 1 saturated heterocycles. The molecular formula is C25H19N2O4-. The monoisotopic (exact) mass is 411 g/mol. The van der Waals surface area contributed by atoms with Crippen molar-refractivity contribution in [1.29, 1.82) is 0 Å². The molecule has 1 heterocycles. The number of hydrogen-bond acceptors (Lipinski definition) is 5. The minimum Gasteiger partial charge on any atom is -0.733 e. The average Bonchev–Trinajstić information content (AvgIpc) is 3.06. The minimum absolute atomic E-state index is 0.0336. The van der Waals surface area contributed by atoms with Crippen LogP contribution in [0.25, 0.3) is 0 Å².